The maximum absolute atomic E-state index is 13.6. The Bertz CT molecular complexity index is 6480. The molecule has 34 heteroatoms. The molecule has 4 aromatic heterocycles. The maximum atomic E-state index is 13.6. The first-order valence-electron chi connectivity index (χ1n) is 38.8. The Kier molecular flexibility index (Phi) is 30.8. The highest BCUT2D eigenvalue weighted by atomic mass is 35.5. The standard InChI is InChI=1S/C27H26F2N2O4.C21H23ClN2O4.C21H22F2N2O4.C20H18ClF3N2O5/c1-27(28,29)35-20-11-6-10-19(17-20)21-12-13-23-24(22(21)16-18-8-4-3-5-9-18)25(33)31(14-7-15-32)26(34)30(23)2;1-3-28-18-10-9-17-19(16(18)13-14-5-7-15(22)8-6-14)20(26)24(11-4-12-25)21(27)23(17)2;1-21(22,23)29-17-10-9-16-18(15(17)13-14-7-4-3-5-8-14)19(27)25(11-6-12-26)20(28)24(16)2;1-25-13-7-8-14(31-20(22,23)24)16(17(28)11-3-5-12(21)6-4-11)15(13)18(29)26(19(25)30)9-2-10-27/h3-6,8-13,17,32H,7,14-16H2,1-2H3;5-10,25H,3-4,11-13H2,1-2H3;3-5,7-10,26H,6,11-13H2,1-2H3;3-8,17,27-28H,2,9-10H2,1H3. The zero-order valence-corrected chi connectivity index (χ0v) is 69.3. The molecule has 0 amide bonds. The SMILES string of the molecule is CCOc1ccc2c(c1Cc1ccc(Cl)cc1)c(=O)n(CCCO)c(=O)n2C.Cn1c(=O)n(CCCO)c(=O)c2c(C(O)c3ccc(Cl)cc3)c(OC(F)(F)F)ccc21.Cn1c(=O)n(CCCO)c(=O)c2c(Cc3ccccc3)c(-c3cccc(OC(C)(F)F)c3)ccc21.Cn1c(=O)n(CCCO)c(=O)c2c(Cc3ccccc3)c(OC(C)(F)F)ccc21. The van der Waals surface area contributed by atoms with Gasteiger partial charge in [-0.1, -0.05) is 126 Å². The molecule has 0 radical (unpaired) electrons. The van der Waals surface area contributed by atoms with E-state index < -0.39 is 75.4 Å². The molecule has 4 heterocycles. The Hall–Kier alpha value is -12.2. The van der Waals surface area contributed by atoms with Gasteiger partial charge in [-0.05, 0) is 157 Å². The van der Waals surface area contributed by atoms with Gasteiger partial charge in [0.15, 0.2) is 0 Å². The van der Waals surface area contributed by atoms with E-state index in [4.69, 9.17) is 52.7 Å². The van der Waals surface area contributed by atoms with E-state index in [1.807, 2.05) is 79.7 Å². The van der Waals surface area contributed by atoms with Gasteiger partial charge >= 0.3 is 41.3 Å². The average molecular weight is 1750 g/mol. The van der Waals surface area contributed by atoms with Crippen molar-refractivity contribution >= 4 is 66.8 Å². The smallest absolute Gasteiger partial charge is 0.494 e. The lowest BCUT2D eigenvalue weighted by molar-refractivity contribution is -0.275. The summed E-state index contributed by atoms with van der Waals surface area (Å²) in [7, 11) is 6.11. The third-order valence-electron chi connectivity index (χ3n) is 19.9. The van der Waals surface area contributed by atoms with Crippen LogP contribution >= 0.6 is 23.2 Å². The fourth-order valence-corrected chi connectivity index (χ4v) is 14.5. The number of rotatable bonds is 28. The van der Waals surface area contributed by atoms with Gasteiger partial charge < -0.3 is 44.5 Å². The minimum atomic E-state index is -5.08. The molecule has 9 aromatic carbocycles. The number of halogens is 9. The van der Waals surface area contributed by atoms with Crippen LogP contribution in [-0.4, -0.2) is 114 Å². The quantitative estimate of drug-likeness (QED) is 0.0285. The van der Waals surface area contributed by atoms with Crippen LogP contribution in [0.25, 0.3) is 54.7 Å². The molecule has 1 unspecified atom stereocenters. The molecule has 0 bridgehead atoms. The molecule has 1 atom stereocenters. The van der Waals surface area contributed by atoms with Gasteiger partial charge in [-0.2, -0.15) is 17.6 Å². The largest absolute Gasteiger partial charge is 0.573 e. The van der Waals surface area contributed by atoms with Crippen molar-refractivity contribution in [1.29, 1.82) is 0 Å². The van der Waals surface area contributed by atoms with Crippen LogP contribution in [0.5, 0.6) is 23.0 Å². The highest BCUT2D eigenvalue weighted by Crippen LogP contribution is 2.40. The van der Waals surface area contributed by atoms with E-state index in [-0.39, 0.29) is 123 Å². The number of aryl methyl sites for hydroxylation is 4. The van der Waals surface area contributed by atoms with Crippen LogP contribution in [0.4, 0.5) is 30.7 Å². The molecule has 0 saturated heterocycles. The number of hydrogen-bond acceptors (Lipinski definition) is 17. The number of ether oxygens (including phenoxy) is 4. The van der Waals surface area contributed by atoms with Crippen molar-refractivity contribution in [2.24, 2.45) is 28.2 Å². The summed E-state index contributed by atoms with van der Waals surface area (Å²) in [5.74, 6) is -0.263. The molecule has 13 aromatic rings. The lowest BCUT2D eigenvalue weighted by Gasteiger charge is -2.21. The van der Waals surface area contributed by atoms with Gasteiger partial charge in [0.2, 0.25) is 0 Å². The van der Waals surface area contributed by atoms with Crippen LogP contribution in [-0.2, 0) is 73.6 Å². The van der Waals surface area contributed by atoms with Gasteiger partial charge in [-0.25, -0.2) is 19.2 Å². The molecule has 0 aliphatic carbocycles. The van der Waals surface area contributed by atoms with Crippen LogP contribution in [0.3, 0.4) is 0 Å². The molecule has 0 aliphatic heterocycles. The van der Waals surface area contributed by atoms with E-state index in [1.165, 1.54) is 80.9 Å². The molecule has 13 rings (SSSR count). The van der Waals surface area contributed by atoms with Gasteiger partial charge in [-0.15, -0.1) is 13.2 Å². The van der Waals surface area contributed by atoms with E-state index in [2.05, 4.69) is 4.74 Å². The third kappa shape index (κ3) is 22.2. The van der Waals surface area contributed by atoms with Gasteiger partial charge in [0.05, 0.1) is 50.2 Å². The molecule has 0 fully saturated rings. The monoisotopic (exact) mass is 1740 g/mol. The first-order valence-corrected chi connectivity index (χ1v) is 39.5. The van der Waals surface area contributed by atoms with E-state index in [0.29, 0.717) is 99.5 Å². The van der Waals surface area contributed by atoms with E-state index in [0.717, 1.165) is 52.7 Å². The van der Waals surface area contributed by atoms with Crippen molar-refractivity contribution in [2.75, 3.05) is 33.0 Å². The number of aromatic nitrogens is 8. The van der Waals surface area contributed by atoms with Crippen molar-refractivity contribution in [2.45, 2.75) is 117 Å². The van der Waals surface area contributed by atoms with Crippen LogP contribution in [0, 0.1) is 0 Å². The van der Waals surface area contributed by atoms with Crippen LogP contribution in [0.1, 0.15) is 97.1 Å². The summed E-state index contributed by atoms with van der Waals surface area (Å²) in [6.07, 6.45) is -11.6. The third-order valence-corrected chi connectivity index (χ3v) is 20.4. The Labute approximate surface area is 706 Å². The van der Waals surface area contributed by atoms with Gasteiger partial charge in [0, 0.05) is 134 Å². The number of hydrogen-bond donors (Lipinski definition) is 5. The molecule has 0 spiro atoms. The van der Waals surface area contributed by atoms with Crippen molar-refractivity contribution < 1.29 is 75.2 Å². The second kappa shape index (κ2) is 40.7. The molecule has 0 saturated carbocycles. The molecule has 0 aliphatic rings. The van der Waals surface area contributed by atoms with Crippen LogP contribution in [0.15, 0.2) is 220 Å². The lowest BCUT2D eigenvalue weighted by Crippen LogP contribution is -2.40. The van der Waals surface area contributed by atoms with Crippen LogP contribution < -0.4 is 63.9 Å². The highest BCUT2D eigenvalue weighted by molar-refractivity contribution is 6.30. The summed E-state index contributed by atoms with van der Waals surface area (Å²) in [5.41, 5.74) is 2.43. The Morgan fingerprint density at radius 3 is 1.15 bits per heavy atom. The number of benzene rings is 9. The van der Waals surface area contributed by atoms with E-state index in [9.17, 15) is 79.3 Å². The van der Waals surface area contributed by atoms with Gasteiger partial charge in [0.25, 0.3) is 22.2 Å². The van der Waals surface area contributed by atoms with Crippen molar-refractivity contribution in [3.63, 3.8) is 0 Å². The number of aliphatic hydroxyl groups is 5. The number of fused-ring (bicyclic) bond motifs is 4. The number of alkyl halides is 7. The minimum Gasteiger partial charge on any atom is -0.494 e. The molecule has 650 valence electrons. The predicted molar refractivity (Wildman–Crippen MR) is 455 cm³/mol. The van der Waals surface area contributed by atoms with E-state index in [1.54, 1.807) is 62.6 Å². The Morgan fingerprint density at radius 1 is 0.390 bits per heavy atom. The molecule has 25 nitrogen and oxygen atoms in total. The molecule has 5 N–H and O–H groups in total. The normalized spacial score (nSPS) is 11.9. The zero-order valence-electron chi connectivity index (χ0n) is 67.8. The van der Waals surface area contributed by atoms with Crippen molar-refractivity contribution in [3.8, 4) is 34.1 Å². The summed E-state index contributed by atoms with van der Waals surface area (Å²) in [6.45, 7) is 3.04. The minimum absolute atomic E-state index is 0.00146. The second-order valence-corrected chi connectivity index (χ2v) is 29.5. The summed E-state index contributed by atoms with van der Waals surface area (Å²) < 4.78 is 122. The molecule has 123 heavy (non-hydrogen) atoms. The number of nitrogens with zero attached hydrogens (tertiary/aromatic N) is 8. The van der Waals surface area contributed by atoms with E-state index >= 15 is 0 Å². The first kappa shape index (κ1) is 93.1. The van der Waals surface area contributed by atoms with Gasteiger partial charge in [0.1, 0.15) is 29.1 Å². The predicted octanol–water partition coefficient (Wildman–Crippen LogP) is 12.4. The highest BCUT2D eigenvalue weighted by Gasteiger charge is 2.36. The van der Waals surface area contributed by atoms with Crippen LogP contribution in [0.2, 0.25) is 10.0 Å². The van der Waals surface area contributed by atoms with Gasteiger partial charge in [-0.3, -0.25) is 55.7 Å². The topological polar surface area (TPSA) is 314 Å². The summed E-state index contributed by atoms with van der Waals surface area (Å²) in [4.78, 5) is 104. The van der Waals surface area contributed by atoms with Crippen molar-refractivity contribution in [1.82, 2.24) is 36.5 Å². The second-order valence-electron chi connectivity index (χ2n) is 28.6. The molecular weight excluding hydrogens is 1660 g/mol. The Balaban J connectivity index is 0.000000172. The lowest BCUT2D eigenvalue weighted by atomic mass is 9.91. The Morgan fingerprint density at radius 2 is 0.748 bits per heavy atom. The average Bonchev–Trinajstić information content (AvgIpc) is 0.663. The number of aliphatic hydroxyl groups excluding tert-OH is 5. The van der Waals surface area contributed by atoms with Crippen molar-refractivity contribution in [3.05, 3.63) is 320 Å². The first-order chi connectivity index (χ1) is 58.4. The summed E-state index contributed by atoms with van der Waals surface area (Å²) >= 11 is 11.8. The fourth-order valence-electron chi connectivity index (χ4n) is 14.3. The summed E-state index contributed by atoms with van der Waals surface area (Å²) in [6, 6.07) is 50.0. The molecular formula is C89H89Cl2F7N8O17. The maximum Gasteiger partial charge on any atom is 0.573 e. The summed E-state index contributed by atoms with van der Waals surface area (Å²) in [5, 5.41) is 49.1. The zero-order chi connectivity index (χ0) is 89.5. The fraction of sp³-hybridized carbons (Fsp3) is 0.303.